The van der Waals surface area contributed by atoms with E-state index in [4.69, 9.17) is 10.7 Å². The number of aryl methyl sites for hydroxylation is 1. The molecule has 5 heteroatoms. The third kappa shape index (κ3) is 2.32. The molecule has 5 nitrogen and oxygen atoms in total. The summed E-state index contributed by atoms with van der Waals surface area (Å²) in [4.78, 5) is 4.82. The highest BCUT2D eigenvalue weighted by Gasteiger charge is 2.31. The molecule has 2 N–H and O–H groups in total. The Morgan fingerprint density at radius 3 is 2.65 bits per heavy atom. The lowest BCUT2D eigenvalue weighted by molar-refractivity contribution is 0.603. The molecule has 0 amide bonds. The molecule has 108 valence electrons. The van der Waals surface area contributed by atoms with E-state index in [2.05, 4.69) is 29.7 Å². The van der Waals surface area contributed by atoms with Crippen molar-refractivity contribution < 1.29 is 0 Å². The number of rotatable bonds is 6. The summed E-state index contributed by atoms with van der Waals surface area (Å²) in [6.45, 7) is 6.21. The van der Waals surface area contributed by atoms with E-state index < -0.39 is 0 Å². The van der Waals surface area contributed by atoms with Crippen LogP contribution >= 0.6 is 0 Å². The monoisotopic (exact) mass is 273 g/mol. The highest BCUT2D eigenvalue weighted by atomic mass is 15.3. The fourth-order valence-corrected chi connectivity index (χ4v) is 2.64. The molecule has 1 aliphatic carbocycles. The number of nitrogen functional groups attached to an aromatic ring is 1. The van der Waals surface area contributed by atoms with Crippen LogP contribution in [-0.2, 0) is 13.1 Å². The van der Waals surface area contributed by atoms with Gasteiger partial charge in [-0.05, 0) is 25.7 Å². The van der Waals surface area contributed by atoms with Gasteiger partial charge in [-0.25, -0.2) is 4.98 Å². The average Bonchev–Trinajstić information content (AvgIpc) is 3.10. The van der Waals surface area contributed by atoms with Gasteiger partial charge in [0, 0.05) is 30.8 Å². The van der Waals surface area contributed by atoms with Crippen LogP contribution in [0.1, 0.15) is 51.3 Å². The SMILES string of the molecule is CCCn1cc(-c2nc(C3CC3)n(CCC)c2N)cn1. The van der Waals surface area contributed by atoms with Crippen LogP contribution in [0.25, 0.3) is 11.3 Å². The Balaban J connectivity index is 1.97. The first-order valence-electron chi connectivity index (χ1n) is 7.63. The van der Waals surface area contributed by atoms with Crippen LogP contribution in [0, 0.1) is 0 Å². The number of hydrogen-bond acceptors (Lipinski definition) is 3. The summed E-state index contributed by atoms with van der Waals surface area (Å²) in [7, 11) is 0. The van der Waals surface area contributed by atoms with Gasteiger partial charge in [0.25, 0.3) is 0 Å². The molecule has 20 heavy (non-hydrogen) atoms. The predicted octanol–water partition coefficient (Wildman–Crippen LogP) is 3.03. The lowest BCUT2D eigenvalue weighted by atomic mass is 10.2. The molecule has 0 radical (unpaired) electrons. The maximum absolute atomic E-state index is 6.33. The summed E-state index contributed by atoms with van der Waals surface area (Å²) in [5.41, 5.74) is 8.27. The van der Waals surface area contributed by atoms with Gasteiger partial charge >= 0.3 is 0 Å². The lowest BCUT2D eigenvalue weighted by Crippen LogP contribution is -2.06. The Bertz CT molecular complexity index is 591. The summed E-state index contributed by atoms with van der Waals surface area (Å²) < 4.78 is 4.16. The van der Waals surface area contributed by atoms with Crippen LogP contribution in [0.2, 0.25) is 0 Å². The van der Waals surface area contributed by atoms with Crippen molar-refractivity contribution in [1.82, 2.24) is 19.3 Å². The molecule has 0 aromatic carbocycles. The van der Waals surface area contributed by atoms with Gasteiger partial charge in [0.15, 0.2) is 0 Å². The van der Waals surface area contributed by atoms with Gasteiger partial charge < -0.3 is 10.3 Å². The first kappa shape index (κ1) is 13.2. The fourth-order valence-electron chi connectivity index (χ4n) is 2.64. The molecular formula is C15H23N5. The Morgan fingerprint density at radius 1 is 1.25 bits per heavy atom. The Morgan fingerprint density at radius 2 is 2.00 bits per heavy atom. The van der Waals surface area contributed by atoms with Crippen LogP contribution < -0.4 is 5.73 Å². The zero-order valence-electron chi connectivity index (χ0n) is 12.3. The quantitative estimate of drug-likeness (QED) is 0.880. The summed E-state index contributed by atoms with van der Waals surface area (Å²) in [6.07, 6.45) is 8.57. The first-order valence-corrected chi connectivity index (χ1v) is 7.63. The van der Waals surface area contributed by atoms with Gasteiger partial charge in [0.1, 0.15) is 17.3 Å². The second kappa shape index (κ2) is 5.31. The molecule has 0 unspecified atom stereocenters. The van der Waals surface area contributed by atoms with Crippen molar-refractivity contribution in [1.29, 1.82) is 0 Å². The lowest BCUT2D eigenvalue weighted by Gasteiger charge is -2.06. The van der Waals surface area contributed by atoms with Crippen molar-refractivity contribution in [3.8, 4) is 11.3 Å². The topological polar surface area (TPSA) is 61.7 Å². The van der Waals surface area contributed by atoms with E-state index in [1.54, 1.807) is 0 Å². The third-order valence-corrected chi connectivity index (χ3v) is 3.79. The van der Waals surface area contributed by atoms with E-state index in [0.29, 0.717) is 5.92 Å². The molecule has 1 aliphatic rings. The summed E-state index contributed by atoms with van der Waals surface area (Å²) in [6, 6.07) is 0. The highest BCUT2D eigenvalue weighted by molar-refractivity contribution is 5.70. The number of imidazole rings is 1. The van der Waals surface area contributed by atoms with Crippen molar-refractivity contribution in [3.63, 3.8) is 0 Å². The summed E-state index contributed by atoms with van der Waals surface area (Å²) >= 11 is 0. The standard InChI is InChI=1S/C15H23N5/c1-3-7-19-10-12(9-17-19)13-14(16)20(8-4-2)15(18-13)11-5-6-11/h9-11H,3-8,16H2,1-2H3. The van der Waals surface area contributed by atoms with Crippen molar-refractivity contribution in [2.24, 2.45) is 0 Å². The minimum atomic E-state index is 0.614. The number of aromatic nitrogens is 4. The molecule has 0 bridgehead atoms. The van der Waals surface area contributed by atoms with Crippen LogP contribution in [0.4, 0.5) is 5.82 Å². The number of hydrogen-bond donors (Lipinski definition) is 1. The molecule has 1 saturated carbocycles. The molecule has 0 spiro atoms. The van der Waals surface area contributed by atoms with Gasteiger partial charge in [0.05, 0.1) is 6.20 Å². The predicted molar refractivity (Wildman–Crippen MR) is 80.4 cm³/mol. The minimum Gasteiger partial charge on any atom is -0.383 e. The number of nitrogens with two attached hydrogens (primary N) is 1. The van der Waals surface area contributed by atoms with E-state index in [1.807, 2.05) is 10.9 Å². The number of nitrogens with zero attached hydrogens (tertiary/aromatic N) is 4. The van der Waals surface area contributed by atoms with Gasteiger partial charge in [-0.1, -0.05) is 13.8 Å². The Labute approximate surface area is 119 Å². The minimum absolute atomic E-state index is 0.614. The van der Waals surface area contributed by atoms with E-state index in [9.17, 15) is 0 Å². The van der Waals surface area contributed by atoms with E-state index in [0.717, 1.165) is 43.0 Å². The molecule has 0 atom stereocenters. The largest absolute Gasteiger partial charge is 0.383 e. The van der Waals surface area contributed by atoms with Crippen LogP contribution in [-0.4, -0.2) is 19.3 Å². The molecule has 3 rings (SSSR count). The second-order valence-electron chi connectivity index (χ2n) is 5.62. The van der Waals surface area contributed by atoms with Crippen molar-refractivity contribution in [3.05, 3.63) is 18.2 Å². The third-order valence-electron chi connectivity index (χ3n) is 3.79. The van der Waals surface area contributed by atoms with Crippen molar-refractivity contribution in [2.45, 2.75) is 58.5 Å². The molecule has 2 aromatic rings. The van der Waals surface area contributed by atoms with Crippen LogP contribution in [0.15, 0.2) is 12.4 Å². The van der Waals surface area contributed by atoms with E-state index in [-0.39, 0.29) is 0 Å². The first-order chi connectivity index (χ1) is 9.74. The summed E-state index contributed by atoms with van der Waals surface area (Å²) in [5.74, 6) is 2.58. The average molecular weight is 273 g/mol. The van der Waals surface area contributed by atoms with Crippen molar-refractivity contribution >= 4 is 5.82 Å². The Kier molecular flexibility index (Phi) is 3.51. The van der Waals surface area contributed by atoms with Gasteiger partial charge in [0.2, 0.25) is 0 Å². The molecule has 2 heterocycles. The maximum Gasteiger partial charge on any atom is 0.131 e. The molecule has 0 saturated heterocycles. The second-order valence-corrected chi connectivity index (χ2v) is 5.62. The van der Waals surface area contributed by atoms with Crippen molar-refractivity contribution in [2.75, 3.05) is 5.73 Å². The maximum atomic E-state index is 6.33. The zero-order valence-corrected chi connectivity index (χ0v) is 12.3. The molecular weight excluding hydrogens is 250 g/mol. The molecule has 1 fully saturated rings. The number of anilines is 1. The normalized spacial score (nSPS) is 14.9. The van der Waals surface area contributed by atoms with Gasteiger partial charge in [-0.3, -0.25) is 4.68 Å². The summed E-state index contributed by atoms with van der Waals surface area (Å²) in [5, 5.41) is 4.38. The van der Waals surface area contributed by atoms with Crippen LogP contribution in [0.3, 0.4) is 0 Å². The van der Waals surface area contributed by atoms with Crippen LogP contribution in [0.5, 0.6) is 0 Å². The highest BCUT2D eigenvalue weighted by Crippen LogP contribution is 2.42. The Hall–Kier alpha value is -1.78. The molecule has 0 aliphatic heterocycles. The smallest absolute Gasteiger partial charge is 0.131 e. The fraction of sp³-hybridized carbons (Fsp3) is 0.600. The molecule has 2 aromatic heterocycles. The van der Waals surface area contributed by atoms with Gasteiger partial charge in [-0.15, -0.1) is 0 Å². The zero-order chi connectivity index (χ0) is 14.1. The van der Waals surface area contributed by atoms with E-state index in [1.165, 1.54) is 18.7 Å². The van der Waals surface area contributed by atoms with Gasteiger partial charge in [-0.2, -0.15) is 5.10 Å². The van der Waals surface area contributed by atoms with E-state index >= 15 is 0 Å².